The van der Waals surface area contributed by atoms with Gasteiger partial charge in [0.05, 0.1) is 0 Å². The molecule has 6 rings (SSSR count). The predicted octanol–water partition coefficient (Wildman–Crippen LogP) is 4.00. The molecule has 1 unspecified atom stereocenters. The van der Waals surface area contributed by atoms with Crippen LogP contribution >= 0.6 is 11.3 Å². The summed E-state index contributed by atoms with van der Waals surface area (Å²) in [5.41, 5.74) is -0.399. The number of rotatable bonds is 4. The summed E-state index contributed by atoms with van der Waals surface area (Å²) in [6, 6.07) is 7.97. The van der Waals surface area contributed by atoms with Gasteiger partial charge in [-0.2, -0.15) is 10.1 Å². The number of halogens is 2. The van der Waals surface area contributed by atoms with Gasteiger partial charge in [0.1, 0.15) is 22.3 Å². The van der Waals surface area contributed by atoms with Crippen LogP contribution in [0.15, 0.2) is 48.1 Å². The first kappa shape index (κ1) is 23.1. The zero-order valence-electron chi connectivity index (χ0n) is 19.4. The number of nitrogens with one attached hydrogen (secondary N) is 1. The Morgan fingerprint density at radius 1 is 1.14 bits per heavy atom. The monoisotopic (exact) mass is 523 g/mol. The van der Waals surface area contributed by atoms with Crippen molar-refractivity contribution in [2.75, 3.05) is 16.8 Å². The lowest BCUT2D eigenvalue weighted by Gasteiger charge is -2.28. The van der Waals surface area contributed by atoms with E-state index in [-0.39, 0.29) is 17.4 Å². The lowest BCUT2D eigenvalue weighted by Crippen LogP contribution is -2.28. The number of hydrogen-bond donors (Lipinski definition) is 2. The van der Waals surface area contributed by atoms with Gasteiger partial charge in [-0.25, -0.2) is 14.6 Å². The standard InChI is InChI=1S/C24H19F2N7O3S/c1-23(34,21-27-9-12-37-21)7-5-16-14-20-32(10-2-11-33(20)31-16)19-6-8-28-22(30-19)29-15-3-4-17-18(13-15)36-24(25,26)35-17/h3-4,6,8-9,12-14,34H,2,10-11H2,1H3,(H,28,29,30). The zero-order valence-corrected chi connectivity index (χ0v) is 20.2. The molecule has 10 nitrogen and oxygen atoms in total. The van der Waals surface area contributed by atoms with Crippen LogP contribution in [0, 0.1) is 11.8 Å². The van der Waals surface area contributed by atoms with Crippen LogP contribution in [0.5, 0.6) is 11.5 Å². The number of aliphatic hydroxyl groups is 1. The van der Waals surface area contributed by atoms with Crippen molar-refractivity contribution in [1.29, 1.82) is 0 Å². The second-order valence-electron chi connectivity index (χ2n) is 8.47. The molecule has 37 heavy (non-hydrogen) atoms. The fraction of sp³-hybridized carbons (Fsp3) is 0.250. The summed E-state index contributed by atoms with van der Waals surface area (Å²) < 4.78 is 37.4. The van der Waals surface area contributed by atoms with Crippen LogP contribution in [0.1, 0.15) is 24.0 Å². The summed E-state index contributed by atoms with van der Waals surface area (Å²) in [6.07, 6.45) is 0.377. The molecule has 0 aliphatic carbocycles. The topological polar surface area (TPSA) is 110 Å². The second kappa shape index (κ2) is 8.68. The molecule has 3 aromatic heterocycles. The van der Waals surface area contributed by atoms with Gasteiger partial charge in [-0.05, 0) is 37.5 Å². The van der Waals surface area contributed by atoms with Crippen LogP contribution in [0.2, 0.25) is 0 Å². The molecule has 2 aliphatic rings. The van der Waals surface area contributed by atoms with Crippen LogP contribution in [0.25, 0.3) is 0 Å². The Morgan fingerprint density at radius 3 is 2.84 bits per heavy atom. The van der Waals surface area contributed by atoms with Crippen molar-refractivity contribution in [3.8, 4) is 23.3 Å². The molecule has 0 saturated carbocycles. The van der Waals surface area contributed by atoms with E-state index in [4.69, 9.17) is 0 Å². The maximum absolute atomic E-state index is 13.3. The van der Waals surface area contributed by atoms with Gasteiger partial charge >= 0.3 is 6.29 Å². The molecule has 1 aromatic carbocycles. The first-order valence-corrected chi connectivity index (χ1v) is 12.1. The maximum Gasteiger partial charge on any atom is 0.586 e. The Balaban J connectivity index is 1.23. The highest BCUT2D eigenvalue weighted by atomic mass is 32.1. The molecule has 2 N–H and O–H groups in total. The fourth-order valence-corrected chi connectivity index (χ4v) is 4.65. The number of anilines is 4. The molecule has 0 fully saturated rings. The second-order valence-corrected chi connectivity index (χ2v) is 9.36. The number of aryl methyl sites for hydroxylation is 1. The van der Waals surface area contributed by atoms with E-state index in [1.165, 1.54) is 23.5 Å². The molecule has 5 heterocycles. The molecule has 0 saturated heterocycles. The molecule has 1 atom stereocenters. The molecule has 188 valence electrons. The van der Waals surface area contributed by atoms with Crippen molar-refractivity contribution in [2.24, 2.45) is 0 Å². The van der Waals surface area contributed by atoms with Crippen molar-refractivity contribution < 1.29 is 23.4 Å². The van der Waals surface area contributed by atoms with Crippen LogP contribution in [-0.2, 0) is 12.1 Å². The molecule has 4 aromatic rings. The zero-order chi connectivity index (χ0) is 25.6. The Bertz CT molecular complexity index is 1530. The number of aromatic nitrogens is 5. The Labute approximate surface area is 213 Å². The third kappa shape index (κ3) is 4.64. The number of fused-ring (bicyclic) bond motifs is 2. The van der Waals surface area contributed by atoms with Gasteiger partial charge in [0.15, 0.2) is 17.1 Å². The number of ether oxygens (including phenoxy) is 2. The summed E-state index contributed by atoms with van der Waals surface area (Å²) in [6.45, 7) is 3.02. The third-order valence-electron chi connectivity index (χ3n) is 5.64. The van der Waals surface area contributed by atoms with Gasteiger partial charge in [-0.15, -0.1) is 20.1 Å². The Kier molecular flexibility index (Phi) is 5.43. The smallest absolute Gasteiger partial charge is 0.395 e. The van der Waals surface area contributed by atoms with Gasteiger partial charge in [-0.3, -0.25) is 0 Å². The van der Waals surface area contributed by atoms with E-state index in [0.29, 0.717) is 35.3 Å². The van der Waals surface area contributed by atoms with Gasteiger partial charge in [-0.1, -0.05) is 5.92 Å². The van der Waals surface area contributed by atoms with E-state index in [9.17, 15) is 13.9 Å². The lowest BCUT2D eigenvalue weighted by atomic mass is 10.1. The van der Waals surface area contributed by atoms with Gasteiger partial charge < -0.3 is 24.8 Å². The van der Waals surface area contributed by atoms with E-state index in [0.717, 1.165) is 12.2 Å². The van der Waals surface area contributed by atoms with Crippen molar-refractivity contribution in [3.05, 3.63) is 58.8 Å². The largest absolute Gasteiger partial charge is 0.586 e. The van der Waals surface area contributed by atoms with Crippen LogP contribution in [-0.4, -0.2) is 42.7 Å². The lowest BCUT2D eigenvalue weighted by molar-refractivity contribution is -0.286. The molecule has 0 amide bonds. The van der Waals surface area contributed by atoms with Gasteiger partial charge in [0.2, 0.25) is 5.95 Å². The van der Waals surface area contributed by atoms with E-state index in [2.05, 4.69) is 46.7 Å². The van der Waals surface area contributed by atoms with Crippen molar-refractivity contribution in [1.82, 2.24) is 24.7 Å². The summed E-state index contributed by atoms with van der Waals surface area (Å²) >= 11 is 1.33. The van der Waals surface area contributed by atoms with Crippen molar-refractivity contribution in [2.45, 2.75) is 31.8 Å². The molecule has 0 radical (unpaired) electrons. The number of thiazole rings is 1. The highest BCUT2D eigenvalue weighted by Gasteiger charge is 2.43. The van der Waals surface area contributed by atoms with Gasteiger partial charge in [0.25, 0.3) is 0 Å². The molecule has 0 spiro atoms. The number of benzene rings is 1. The van der Waals surface area contributed by atoms with E-state index in [1.807, 2.05) is 15.6 Å². The third-order valence-corrected chi connectivity index (χ3v) is 6.63. The molecular formula is C24H19F2N7O3S. The molecule has 2 aliphatic heterocycles. The summed E-state index contributed by atoms with van der Waals surface area (Å²) in [7, 11) is 0. The van der Waals surface area contributed by atoms with E-state index >= 15 is 0 Å². The minimum Gasteiger partial charge on any atom is -0.395 e. The molecule has 13 heteroatoms. The first-order chi connectivity index (χ1) is 17.8. The summed E-state index contributed by atoms with van der Waals surface area (Å²) in [4.78, 5) is 15.0. The normalized spacial score (nSPS) is 16.9. The average Bonchev–Trinajstić information content (AvgIpc) is 3.60. The average molecular weight is 524 g/mol. The minimum atomic E-state index is -3.69. The van der Waals surface area contributed by atoms with Crippen molar-refractivity contribution >= 4 is 34.6 Å². The van der Waals surface area contributed by atoms with Crippen molar-refractivity contribution in [3.63, 3.8) is 0 Å². The van der Waals surface area contributed by atoms with Gasteiger partial charge in [0, 0.05) is 48.7 Å². The predicted molar refractivity (Wildman–Crippen MR) is 130 cm³/mol. The first-order valence-electron chi connectivity index (χ1n) is 11.3. The Hall–Kier alpha value is -4.28. The van der Waals surface area contributed by atoms with Crippen LogP contribution in [0.3, 0.4) is 0 Å². The maximum atomic E-state index is 13.3. The SMILES string of the molecule is CC(O)(C#Cc1cc2n(n1)CCCN2c1ccnc(Nc2ccc3c(c2)OC(F)(F)O3)n1)c1nccs1. The highest BCUT2D eigenvalue weighted by molar-refractivity contribution is 7.09. The number of nitrogens with zero attached hydrogens (tertiary/aromatic N) is 6. The minimum absolute atomic E-state index is 0.0427. The number of alkyl halides is 2. The quantitative estimate of drug-likeness (QED) is 0.384. The molecular weight excluding hydrogens is 504 g/mol. The number of hydrogen-bond acceptors (Lipinski definition) is 10. The fourth-order valence-electron chi connectivity index (χ4n) is 3.99. The highest BCUT2D eigenvalue weighted by Crippen LogP contribution is 2.42. The van der Waals surface area contributed by atoms with Crippen LogP contribution in [0.4, 0.5) is 32.1 Å². The van der Waals surface area contributed by atoms with E-state index < -0.39 is 11.9 Å². The van der Waals surface area contributed by atoms with E-state index in [1.54, 1.807) is 36.8 Å². The summed E-state index contributed by atoms with van der Waals surface area (Å²) in [5.74, 6) is 7.41. The summed E-state index contributed by atoms with van der Waals surface area (Å²) in [5, 5.41) is 20.5. The van der Waals surface area contributed by atoms with Crippen LogP contribution < -0.4 is 19.7 Å². The Morgan fingerprint density at radius 2 is 2.00 bits per heavy atom. The molecule has 0 bridgehead atoms.